The molecule has 0 spiro atoms. The molecular weight excluding hydrogens is 158 g/mol. The van der Waals surface area contributed by atoms with Crippen LogP contribution < -0.4 is 0 Å². The Balaban J connectivity index is 2.30. The van der Waals surface area contributed by atoms with Gasteiger partial charge in [-0.25, -0.2) is 4.79 Å². The molecule has 64 valence electrons. The second-order valence-electron chi connectivity index (χ2n) is 3.44. The van der Waals surface area contributed by atoms with Crippen molar-refractivity contribution in [3.63, 3.8) is 0 Å². The van der Waals surface area contributed by atoms with Crippen LogP contribution in [0.2, 0.25) is 0 Å². The van der Waals surface area contributed by atoms with Crippen LogP contribution in [0, 0.1) is 0 Å². The molecule has 1 saturated carbocycles. The Labute approximate surface area is 69.2 Å². The van der Waals surface area contributed by atoms with Crippen molar-refractivity contribution in [2.75, 3.05) is 0 Å². The summed E-state index contributed by atoms with van der Waals surface area (Å²) >= 11 is 0. The van der Waals surface area contributed by atoms with Crippen LogP contribution in [-0.4, -0.2) is 16.2 Å². The van der Waals surface area contributed by atoms with Crippen LogP contribution in [0.4, 0.5) is 0 Å². The van der Waals surface area contributed by atoms with Gasteiger partial charge in [0.05, 0.1) is 0 Å². The minimum atomic E-state index is -1.03. The molecule has 0 atom stereocenters. The average Bonchev–Trinajstić information content (AvgIpc) is 2.61. The van der Waals surface area contributed by atoms with Gasteiger partial charge in [-0.15, -0.1) is 0 Å². The zero-order chi connectivity index (χ0) is 8.77. The van der Waals surface area contributed by atoms with E-state index in [1.807, 2.05) is 6.92 Å². The van der Waals surface area contributed by atoms with E-state index in [-0.39, 0.29) is 11.1 Å². The van der Waals surface area contributed by atoms with E-state index in [0.29, 0.717) is 5.76 Å². The Morgan fingerprint density at radius 3 is 2.83 bits per heavy atom. The number of carboxylic acids is 1. The molecule has 1 aromatic heterocycles. The number of aromatic carboxylic acids is 1. The van der Waals surface area contributed by atoms with E-state index >= 15 is 0 Å². The van der Waals surface area contributed by atoms with Crippen molar-refractivity contribution in [2.45, 2.75) is 25.2 Å². The minimum absolute atomic E-state index is 0.00174. The summed E-state index contributed by atoms with van der Waals surface area (Å²) in [6, 6.07) is 1.51. The van der Waals surface area contributed by atoms with Crippen LogP contribution in [0.15, 0.2) is 10.6 Å². The summed E-state index contributed by atoms with van der Waals surface area (Å²) in [4.78, 5) is 10.4. The summed E-state index contributed by atoms with van der Waals surface area (Å²) in [5.41, 5.74) is 0.0545. The second-order valence-corrected chi connectivity index (χ2v) is 3.44. The lowest BCUT2D eigenvalue weighted by Gasteiger charge is -1.98. The predicted molar refractivity (Wildman–Crippen MR) is 40.0 cm³/mol. The Morgan fingerprint density at radius 1 is 1.75 bits per heavy atom. The van der Waals surface area contributed by atoms with Crippen molar-refractivity contribution in [1.82, 2.24) is 5.16 Å². The number of carbonyl (C=O) groups is 1. The van der Waals surface area contributed by atoms with Gasteiger partial charge < -0.3 is 9.63 Å². The zero-order valence-corrected chi connectivity index (χ0v) is 6.70. The van der Waals surface area contributed by atoms with E-state index in [1.54, 1.807) is 0 Å². The molecular formula is C8H9NO3. The Hall–Kier alpha value is -1.32. The molecule has 4 heteroatoms. The molecule has 0 aromatic carbocycles. The number of hydrogen-bond donors (Lipinski definition) is 1. The third kappa shape index (κ3) is 0.995. The minimum Gasteiger partial charge on any atom is -0.476 e. The fourth-order valence-electron chi connectivity index (χ4n) is 1.09. The fraction of sp³-hybridized carbons (Fsp3) is 0.500. The van der Waals surface area contributed by atoms with Crippen LogP contribution in [0.1, 0.15) is 36.0 Å². The number of rotatable bonds is 2. The average molecular weight is 167 g/mol. The molecule has 1 aliphatic carbocycles. The van der Waals surface area contributed by atoms with Crippen molar-refractivity contribution in [2.24, 2.45) is 0 Å². The van der Waals surface area contributed by atoms with Gasteiger partial charge in [0.1, 0.15) is 5.76 Å². The monoisotopic (exact) mass is 167 g/mol. The predicted octanol–water partition coefficient (Wildman–Crippen LogP) is 1.42. The standard InChI is InChI=1S/C8H9NO3/c1-8(2-3-8)6-4-5(7(10)11)9-12-6/h4H,2-3H2,1H3,(H,10,11). The van der Waals surface area contributed by atoms with Crippen molar-refractivity contribution >= 4 is 5.97 Å². The molecule has 0 unspecified atom stereocenters. The summed E-state index contributed by atoms with van der Waals surface area (Å²) in [6.07, 6.45) is 2.11. The number of aromatic nitrogens is 1. The summed E-state index contributed by atoms with van der Waals surface area (Å²) < 4.78 is 4.92. The molecule has 0 bridgehead atoms. The highest BCUT2D eigenvalue weighted by atomic mass is 16.5. The Kier molecular flexibility index (Phi) is 1.28. The van der Waals surface area contributed by atoms with Crippen LogP contribution in [0.3, 0.4) is 0 Å². The second kappa shape index (κ2) is 2.09. The summed E-state index contributed by atoms with van der Waals surface area (Å²) in [6.45, 7) is 2.04. The van der Waals surface area contributed by atoms with Gasteiger partial charge in [0, 0.05) is 11.5 Å². The van der Waals surface area contributed by atoms with Crippen LogP contribution in [-0.2, 0) is 5.41 Å². The van der Waals surface area contributed by atoms with Gasteiger partial charge >= 0.3 is 5.97 Å². The highest BCUT2D eigenvalue weighted by Crippen LogP contribution is 2.47. The summed E-state index contributed by atoms with van der Waals surface area (Å²) in [7, 11) is 0. The molecule has 0 saturated heterocycles. The number of nitrogens with zero attached hydrogens (tertiary/aromatic N) is 1. The highest BCUT2D eigenvalue weighted by Gasteiger charge is 2.43. The molecule has 0 amide bonds. The lowest BCUT2D eigenvalue weighted by molar-refractivity contribution is 0.0685. The maximum Gasteiger partial charge on any atom is 0.358 e. The van der Waals surface area contributed by atoms with Crippen LogP contribution >= 0.6 is 0 Å². The topological polar surface area (TPSA) is 63.3 Å². The molecule has 1 aliphatic rings. The smallest absolute Gasteiger partial charge is 0.358 e. The van der Waals surface area contributed by atoms with Gasteiger partial charge in [0.15, 0.2) is 5.69 Å². The zero-order valence-electron chi connectivity index (χ0n) is 6.70. The van der Waals surface area contributed by atoms with Crippen LogP contribution in [0.5, 0.6) is 0 Å². The number of carboxylic acid groups (broad SMARTS) is 1. The summed E-state index contributed by atoms with van der Waals surface area (Å²) in [5.74, 6) is -0.339. The molecule has 4 nitrogen and oxygen atoms in total. The molecule has 2 rings (SSSR count). The molecule has 1 N–H and O–H groups in total. The molecule has 1 heterocycles. The molecule has 1 aromatic rings. The van der Waals surface area contributed by atoms with E-state index in [2.05, 4.69) is 5.16 Å². The van der Waals surface area contributed by atoms with Crippen molar-refractivity contribution in [1.29, 1.82) is 0 Å². The molecule has 0 aliphatic heterocycles. The van der Waals surface area contributed by atoms with Gasteiger partial charge in [-0.2, -0.15) is 0 Å². The van der Waals surface area contributed by atoms with Crippen LogP contribution in [0.25, 0.3) is 0 Å². The molecule has 0 radical (unpaired) electrons. The van der Waals surface area contributed by atoms with E-state index in [0.717, 1.165) is 12.8 Å². The van der Waals surface area contributed by atoms with E-state index in [9.17, 15) is 4.79 Å². The van der Waals surface area contributed by atoms with Gasteiger partial charge in [0.2, 0.25) is 0 Å². The Bertz CT molecular complexity index is 325. The van der Waals surface area contributed by atoms with E-state index < -0.39 is 5.97 Å². The molecule has 1 fully saturated rings. The number of hydrogen-bond acceptors (Lipinski definition) is 3. The fourth-order valence-corrected chi connectivity index (χ4v) is 1.09. The third-order valence-electron chi connectivity index (χ3n) is 2.32. The van der Waals surface area contributed by atoms with Gasteiger partial charge in [-0.3, -0.25) is 0 Å². The lowest BCUT2D eigenvalue weighted by Crippen LogP contribution is -1.97. The van der Waals surface area contributed by atoms with Crippen molar-refractivity contribution < 1.29 is 14.4 Å². The van der Waals surface area contributed by atoms with Crippen molar-refractivity contribution in [3.05, 3.63) is 17.5 Å². The first-order valence-corrected chi connectivity index (χ1v) is 3.82. The summed E-state index contributed by atoms with van der Waals surface area (Å²) in [5, 5.41) is 12.0. The largest absolute Gasteiger partial charge is 0.476 e. The van der Waals surface area contributed by atoms with Gasteiger partial charge in [-0.1, -0.05) is 12.1 Å². The first-order chi connectivity index (χ1) is 5.62. The lowest BCUT2D eigenvalue weighted by atomic mass is 10.1. The van der Waals surface area contributed by atoms with E-state index in [1.165, 1.54) is 6.07 Å². The Morgan fingerprint density at radius 2 is 2.42 bits per heavy atom. The quantitative estimate of drug-likeness (QED) is 0.723. The first kappa shape index (κ1) is 7.34. The van der Waals surface area contributed by atoms with Gasteiger partial charge in [0.25, 0.3) is 0 Å². The normalized spacial score (nSPS) is 19.1. The highest BCUT2D eigenvalue weighted by molar-refractivity contribution is 5.85. The van der Waals surface area contributed by atoms with E-state index in [4.69, 9.17) is 9.63 Å². The maximum atomic E-state index is 10.4. The molecule has 12 heavy (non-hydrogen) atoms. The van der Waals surface area contributed by atoms with Crippen molar-refractivity contribution in [3.8, 4) is 0 Å². The first-order valence-electron chi connectivity index (χ1n) is 3.82. The SMILES string of the molecule is CC1(c2cc(C(=O)O)no2)CC1. The maximum absolute atomic E-state index is 10.4. The van der Waals surface area contributed by atoms with Gasteiger partial charge in [-0.05, 0) is 12.8 Å². The third-order valence-corrected chi connectivity index (χ3v) is 2.32.